The van der Waals surface area contributed by atoms with Crippen molar-refractivity contribution in [3.63, 3.8) is 0 Å². The van der Waals surface area contributed by atoms with Crippen LogP contribution in [0.4, 0.5) is 18.9 Å². The van der Waals surface area contributed by atoms with Crippen molar-refractivity contribution in [2.75, 3.05) is 16.4 Å². The van der Waals surface area contributed by atoms with Crippen LogP contribution in [0.5, 0.6) is 0 Å². The molecule has 2 heterocycles. The fourth-order valence-electron chi connectivity index (χ4n) is 3.20. The number of fused-ring (bicyclic) bond motifs is 1. The van der Waals surface area contributed by atoms with Crippen molar-refractivity contribution in [1.82, 2.24) is 0 Å². The van der Waals surface area contributed by atoms with Gasteiger partial charge in [-0.05, 0) is 24.1 Å². The van der Waals surface area contributed by atoms with Gasteiger partial charge in [-0.1, -0.05) is 31.7 Å². The third-order valence-electron chi connectivity index (χ3n) is 4.32. The van der Waals surface area contributed by atoms with Crippen molar-refractivity contribution in [2.45, 2.75) is 37.7 Å². The van der Waals surface area contributed by atoms with Crippen LogP contribution in [0.1, 0.15) is 25.8 Å². The van der Waals surface area contributed by atoms with Crippen LogP contribution in [0.3, 0.4) is 0 Å². The average molecular weight is 420 g/mol. The summed E-state index contributed by atoms with van der Waals surface area (Å²) < 4.78 is 63.3. The van der Waals surface area contributed by atoms with E-state index in [1.165, 1.54) is 17.0 Å². The molecule has 0 aromatic heterocycles. The average Bonchev–Trinajstić information content (AvgIpc) is 2.96. The van der Waals surface area contributed by atoms with Gasteiger partial charge in [0.1, 0.15) is 0 Å². The molecule has 1 amide bonds. The molecule has 2 aliphatic heterocycles. The quantitative estimate of drug-likeness (QED) is 0.750. The Balaban J connectivity index is 2.01. The van der Waals surface area contributed by atoms with Gasteiger partial charge in [-0.15, -0.1) is 0 Å². The number of halogens is 3. The van der Waals surface area contributed by atoms with Gasteiger partial charge >= 0.3 is 6.18 Å². The number of alkyl halides is 3. The molecular formula is C17H19F3N2O3S2. The minimum Gasteiger partial charge on any atom is -0.316 e. The molecule has 0 saturated carbocycles. The van der Waals surface area contributed by atoms with E-state index in [0.29, 0.717) is 0 Å². The largest absolute Gasteiger partial charge is 0.416 e. The van der Waals surface area contributed by atoms with E-state index in [1.807, 2.05) is 13.8 Å². The van der Waals surface area contributed by atoms with Gasteiger partial charge in [0.25, 0.3) is 0 Å². The van der Waals surface area contributed by atoms with Crippen molar-refractivity contribution < 1.29 is 26.4 Å². The molecule has 0 N–H and O–H groups in total. The number of nitrogens with zero attached hydrogens (tertiary/aromatic N) is 2. The first-order valence-corrected chi connectivity index (χ1v) is 11.1. The van der Waals surface area contributed by atoms with Crippen LogP contribution in [-0.2, 0) is 20.8 Å². The van der Waals surface area contributed by atoms with E-state index in [-0.39, 0.29) is 45.9 Å². The lowest BCUT2D eigenvalue weighted by atomic mass is 10.1. The van der Waals surface area contributed by atoms with Crippen molar-refractivity contribution >= 4 is 38.4 Å². The van der Waals surface area contributed by atoms with Gasteiger partial charge in [-0.2, -0.15) is 18.2 Å². The molecule has 0 spiro atoms. The third-order valence-corrected chi connectivity index (χ3v) is 7.53. The number of carbonyl (C=O) groups is 1. The molecular weight excluding hydrogens is 401 g/mol. The highest BCUT2D eigenvalue weighted by molar-refractivity contribution is 8.16. The van der Waals surface area contributed by atoms with Crippen LogP contribution in [0.2, 0.25) is 0 Å². The second-order valence-electron chi connectivity index (χ2n) is 7.10. The Bertz CT molecular complexity index is 882. The van der Waals surface area contributed by atoms with Crippen LogP contribution in [-0.4, -0.2) is 42.3 Å². The summed E-state index contributed by atoms with van der Waals surface area (Å²) in [5.41, 5.74) is -0.639. The summed E-state index contributed by atoms with van der Waals surface area (Å²) in [6.45, 7) is 3.73. The van der Waals surface area contributed by atoms with E-state index >= 15 is 0 Å². The zero-order valence-corrected chi connectivity index (χ0v) is 16.4. The molecule has 2 unspecified atom stereocenters. The van der Waals surface area contributed by atoms with Gasteiger partial charge in [-0.25, -0.2) is 8.42 Å². The lowest BCUT2D eigenvalue weighted by Gasteiger charge is -2.25. The maximum Gasteiger partial charge on any atom is 0.416 e. The topological polar surface area (TPSA) is 66.8 Å². The number of aliphatic imine (C=N–C) groups is 1. The summed E-state index contributed by atoms with van der Waals surface area (Å²) in [7, 11) is -3.28. The molecule has 0 aliphatic carbocycles. The summed E-state index contributed by atoms with van der Waals surface area (Å²) in [6.07, 6.45) is -4.30. The predicted octanol–water partition coefficient (Wildman–Crippen LogP) is 3.35. The van der Waals surface area contributed by atoms with Gasteiger partial charge in [0.2, 0.25) is 5.91 Å². The fraction of sp³-hybridized carbons (Fsp3) is 0.529. The van der Waals surface area contributed by atoms with Gasteiger partial charge in [0, 0.05) is 17.4 Å². The molecule has 2 atom stereocenters. The Kier molecular flexibility index (Phi) is 5.33. The Labute approximate surface area is 159 Å². The maximum atomic E-state index is 13.1. The minimum absolute atomic E-state index is 0.0742. The highest BCUT2D eigenvalue weighted by Crippen LogP contribution is 2.42. The molecule has 0 bridgehead atoms. The molecule has 148 valence electrons. The lowest BCUT2D eigenvalue weighted by Crippen LogP contribution is -2.37. The maximum absolute atomic E-state index is 13.1. The number of hydrogen-bond acceptors (Lipinski definition) is 4. The van der Waals surface area contributed by atoms with Crippen LogP contribution < -0.4 is 4.90 Å². The van der Waals surface area contributed by atoms with Crippen molar-refractivity contribution in [3.8, 4) is 0 Å². The number of sulfone groups is 1. The van der Waals surface area contributed by atoms with Crippen LogP contribution in [0, 0.1) is 5.92 Å². The van der Waals surface area contributed by atoms with Crippen molar-refractivity contribution in [2.24, 2.45) is 10.9 Å². The molecule has 1 aromatic carbocycles. The molecule has 10 heteroatoms. The normalized spacial score (nSPS) is 26.0. The Hall–Kier alpha value is -1.55. The summed E-state index contributed by atoms with van der Waals surface area (Å²) in [5.74, 6) is -0.518. The van der Waals surface area contributed by atoms with Crippen LogP contribution in [0.15, 0.2) is 29.3 Å². The molecule has 0 radical (unpaired) electrons. The number of amidine groups is 1. The van der Waals surface area contributed by atoms with E-state index in [2.05, 4.69) is 4.99 Å². The number of carbonyl (C=O) groups excluding carboxylic acids is 1. The van der Waals surface area contributed by atoms with Gasteiger partial charge < -0.3 is 4.90 Å². The molecule has 2 saturated heterocycles. The number of rotatable bonds is 3. The summed E-state index contributed by atoms with van der Waals surface area (Å²) >= 11 is 1.15. The lowest BCUT2D eigenvalue weighted by molar-refractivity contribution is -0.137. The van der Waals surface area contributed by atoms with Crippen LogP contribution in [0.25, 0.3) is 0 Å². The Morgan fingerprint density at radius 2 is 2.04 bits per heavy atom. The first-order valence-electron chi connectivity index (χ1n) is 8.41. The first kappa shape index (κ1) is 20.2. The van der Waals surface area contributed by atoms with E-state index < -0.39 is 27.6 Å². The monoisotopic (exact) mass is 420 g/mol. The van der Waals surface area contributed by atoms with Gasteiger partial charge in [0.15, 0.2) is 15.0 Å². The molecule has 2 fully saturated rings. The summed E-state index contributed by atoms with van der Waals surface area (Å²) in [5, 5.41) is -0.0833. The van der Waals surface area contributed by atoms with Crippen molar-refractivity contribution in [3.05, 3.63) is 29.8 Å². The second kappa shape index (κ2) is 7.12. The van der Waals surface area contributed by atoms with Crippen LogP contribution >= 0.6 is 11.8 Å². The standard InChI is InChI=1S/C17H19F3N2O3S2/c1-10(2)6-15(23)21-16-22(13-8-27(24,25)9-14(13)26-16)12-5-3-4-11(7-12)17(18,19)20/h3-5,7,10,13-14H,6,8-9H2,1-2H3. The smallest absolute Gasteiger partial charge is 0.316 e. The molecule has 5 nitrogen and oxygen atoms in total. The third kappa shape index (κ3) is 4.48. The Morgan fingerprint density at radius 3 is 2.67 bits per heavy atom. The number of amides is 1. The SMILES string of the molecule is CC(C)CC(=O)N=C1SC2CS(=O)(=O)CC2N1c1cccc(C(F)(F)F)c1. The molecule has 3 rings (SSSR count). The Morgan fingerprint density at radius 1 is 1.33 bits per heavy atom. The number of anilines is 1. The number of hydrogen-bond donors (Lipinski definition) is 0. The zero-order valence-electron chi connectivity index (χ0n) is 14.7. The van der Waals surface area contributed by atoms with E-state index in [4.69, 9.17) is 0 Å². The fourth-order valence-corrected chi connectivity index (χ4v) is 7.13. The second-order valence-corrected chi connectivity index (χ2v) is 10.5. The summed E-state index contributed by atoms with van der Waals surface area (Å²) in [6, 6.07) is 4.14. The van der Waals surface area contributed by atoms with E-state index in [1.54, 1.807) is 0 Å². The predicted molar refractivity (Wildman–Crippen MR) is 99.6 cm³/mol. The zero-order chi connectivity index (χ0) is 20.0. The molecule has 2 aliphatic rings. The van der Waals surface area contributed by atoms with Crippen molar-refractivity contribution in [1.29, 1.82) is 0 Å². The summed E-state index contributed by atoms with van der Waals surface area (Å²) in [4.78, 5) is 17.7. The van der Waals surface area contributed by atoms with Gasteiger partial charge in [0.05, 0.1) is 23.1 Å². The molecule has 27 heavy (non-hydrogen) atoms. The highest BCUT2D eigenvalue weighted by atomic mass is 32.2. The number of thioether (sulfide) groups is 1. The highest BCUT2D eigenvalue weighted by Gasteiger charge is 2.49. The van der Waals surface area contributed by atoms with Gasteiger partial charge in [-0.3, -0.25) is 4.79 Å². The van der Waals surface area contributed by atoms with E-state index in [9.17, 15) is 26.4 Å². The first-order chi connectivity index (χ1) is 12.5. The molecule has 1 aromatic rings. The van der Waals surface area contributed by atoms with E-state index in [0.717, 1.165) is 23.9 Å². The number of benzene rings is 1. The minimum atomic E-state index is -4.52.